The maximum absolute atomic E-state index is 11.7. The topological polar surface area (TPSA) is 74.7 Å². The molecule has 0 aromatic heterocycles. The van der Waals surface area contributed by atoms with Crippen molar-refractivity contribution >= 4 is 27.4 Å². The maximum atomic E-state index is 11.7. The minimum absolute atomic E-state index is 0.0190. The Hall–Kier alpha value is -1.11. The van der Waals surface area contributed by atoms with Gasteiger partial charge in [0, 0.05) is 12.6 Å². The quantitative estimate of drug-likeness (QED) is 0.857. The summed E-state index contributed by atoms with van der Waals surface area (Å²) >= 11 is 6.18. The van der Waals surface area contributed by atoms with Gasteiger partial charge < -0.3 is 5.11 Å². The first-order valence-electron chi connectivity index (χ1n) is 7.29. The molecule has 1 aromatic carbocycles. The average molecular weight is 346 g/mol. The Kier molecular flexibility index (Phi) is 5.47. The van der Waals surface area contributed by atoms with E-state index in [0.717, 1.165) is 18.5 Å². The average Bonchev–Trinajstić information content (AvgIpc) is 2.80. The molecule has 0 bridgehead atoms. The molecule has 1 N–H and O–H groups in total. The van der Waals surface area contributed by atoms with Gasteiger partial charge in [-0.25, -0.2) is 13.2 Å². The van der Waals surface area contributed by atoms with E-state index in [2.05, 4.69) is 4.90 Å². The maximum Gasteiger partial charge on any atom is 0.337 e. The van der Waals surface area contributed by atoms with Gasteiger partial charge in [0.25, 0.3) is 0 Å². The third-order valence-electron chi connectivity index (χ3n) is 3.92. The van der Waals surface area contributed by atoms with E-state index in [1.165, 1.54) is 6.07 Å². The second-order valence-corrected chi connectivity index (χ2v) is 8.22. The molecule has 0 saturated carbocycles. The number of hydrogen-bond donors (Lipinski definition) is 1. The number of carboxylic acid groups (broad SMARTS) is 1. The smallest absolute Gasteiger partial charge is 0.337 e. The highest BCUT2D eigenvalue weighted by atomic mass is 35.5. The molecule has 2 rings (SSSR count). The van der Waals surface area contributed by atoms with Crippen LogP contribution in [0, 0.1) is 0 Å². The van der Waals surface area contributed by atoms with Crippen LogP contribution in [0.25, 0.3) is 0 Å². The van der Waals surface area contributed by atoms with Crippen molar-refractivity contribution in [3.8, 4) is 0 Å². The molecule has 0 amide bonds. The zero-order chi connectivity index (χ0) is 16.3. The molecule has 0 radical (unpaired) electrons. The van der Waals surface area contributed by atoms with Crippen molar-refractivity contribution in [1.82, 2.24) is 4.90 Å². The molecule has 0 spiro atoms. The standard InChI is InChI=1S/C15H20ClNO4S/c1-2-7-17(12-6-8-22(20,21)10-12)9-11-4-3-5-13(14(11)16)15(18)19/h3-5,12H,2,6-10H2,1H3,(H,18,19). The first-order valence-corrected chi connectivity index (χ1v) is 9.49. The number of nitrogens with zero attached hydrogens (tertiary/aromatic N) is 1. The molecule has 7 heteroatoms. The van der Waals surface area contributed by atoms with E-state index in [0.29, 0.717) is 13.0 Å². The lowest BCUT2D eigenvalue weighted by atomic mass is 10.1. The molecule has 5 nitrogen and oxygen atoms in total. The third-order valence-corrected chi connectivity index (χ3v) is 6.11. The van der Waals surface area contributed by atoms with Gasteiger partial charge in [-0.3, -0.25) is 4.90 Å². The highest BCUT2D eigenvalue weighted by Crippen LogP contribution is 2.26. The minimum atomic E-state index is -2.95. The number of sulfone groups is 1. The molecular formula is C15H20ClNO4S. The van der Waals surface area contributed by atoms with E-state index < -0.39 is 15.8 Å². The van der Waals surface area contributed by atoms with Crippen molar-refractivity contribution in [3.63, 3.8) is 0 Å². The summed E-state index contributed by atoms with van der Waals surface area (Å²) in [6.45, 7) is 3.26. The number of carboxylic acids is 1. The Morgan fingerprint density at radius 1 is 1.45 bits per heavy atom. The first kappa shape index (κ1) is 17.2. The number of rotatable bonds is 6. The van der Waals surface area contributed by atoms with Crippen molar-refractivity contribution < 1.29 is 18.3 Å². The lowest BCUT2D eigenvalue weighted by molar-refractivity contribution is 0.0697. The second kappa shape index (κ2) is 6.98. The van der Waals surface area contributed by atoms with Gasteiger partial charge in [0.05, 0.1) is 22.1 Å². The lowest BCUT2D eigenvalue weighted by Crippen LogP contribution is -2.36. The predicted molar refractivity (Wildman–Crippen MR) is 86.2 cm³/mol. The summed E-state index contributed by atoms with van der Waals surface area (Å²) in [6, 6.07) is 4.91. The molecule has 1 aliphatic heterocycles. The van der Waals surface area contributed by atoms with Gasteiger partial charge in [-0.1, -0.05) is 30.7 Å². The zero-order valence-corrected chi connectivity index (χ0v) is 14.0. The van der Waals surface area contributed by atoms with Gasteiger partial charge in [-0.15, -0.1) is 0 Å². The SMILES string of the molecule is CCCN(Cc1cccc(C(=O)O)c1Cl)C1CCS(=O)(=O)C1. The van der Waals surface area contributed by atoms with E-state index >= 15 is 0 Å². The Labute approximate surface area is 135 Å². The normalized spacial score (nSPS) is 20.4. The highest BCUT2D eigenvalue weighted by molar-refractivity contribution is 7.91. The van der Waals surface area contributed by atoms with Crippen LogP contribution in [0.3, 0.4) is 0 Å². The molecule has 22 heavy (non-hydrogen) atoms. The van der Waals surface area contributed by atoms with Gasteiger partial charge in [-0.2, -0.15) is 0 Å². The fourth-order valence-corrected chi connectivity index (χ4v) is 4.86. The summed E-state index contributed by atoms with van der Waals surface area (Å²) in [6.07, 6.45) is 1.52. The van der Waals surface area contributed by atoms with Gasteiger partial charge >= 0.3 is 5.97 Å². The molecular weight excluding hydrogens is 326 g/mol. The van der Waals surface area contributed by atoms with Crippen LogP contribution in [-0.2, 0) is 16.4 Å². The monoisotopic (exact) mass is 345 g/mol. The third kappa shape index (κ3) is 4.00. The van der Waals surface area contributed by atoms with Crippen LogP contribution in [0.2, 0.25) is 5.02 Å². The number of halogens is 1. The Morgan fingerprint density at radius 3 is 2.73 bits per heavy atom. The minimum Gasteiger partial charge on any atom is -0.478 e. The van der Waals surface area contributed by atoms with E-state index in [1.807, 2.05) is 6.92 Å². The molecule has 1 atom stereocenters. The van der Waals surface area contributed by atoms with Crippen LogP contribution in [0.15, 0.2) is 18.2 Å². The summed E-state index contributed by atoms with van der Waals surface area (Å²) in [5.74, 6) is -0.665. The lowest BCUT2D eigenvalue weighted by Gasteiger charge is -2.28. The molecule has 0 aliphatic carbocycles. The molecule has 1 aromatic rings. The number of aromatic carboxylic acids is 1. The fraction of sp³-hybridized carbons (Fsp3) is 0.533. The Balaban J connectivity index is 2.22. The van der Waals surface area contributed by atoms with Gasteiger partial charge in [0.2, 0.25) is 0 Å². The van der Waals surface area contributed by atoms with E-state index in [9.17, 15) is 13.2 Å². The van der Waals surface area contributed by atoms with Crippen LogP contribution in [-0.4, -0.2) is 48.5 Å². The predicted octanol–water partition coefficient (Wildman–Crippen LogP) is 2.44. The molecule has 1 fully saturated rings. The number of carbonyl (C=O) groups is 1. The van der Waals surface area contributed by atoms with E-state index in [-0.39, 0.29) is 28.1 Å². The first-order chi connectivity index (χ1) is 10.3. The summed E-state index contributed by atoms with van der Waals surface area (Å²) in [5, 5.41) is 9.36. The molecule has 122 valence electrons. The van der Waals surface area contributed by atoms with E-state index in [1.54, 1.807) is 12.1 Å². The molecule has 1 aliphatic rings. The summed E-state index contributed by atoms with van der Waals surface area (Å²) in [5.41, 5.74) is 0.800. The van der Waals surface area contributed by atoms with Crippen molar-refractivity contribution in [2.45, 2.75) is 32.4 Å². The van der Waals surface area contributed by atoms with Crippen molar-refractivity contribution in [3.05, 3.63) is 34.3 Å². The van der Waals surface area contributed by atoms with Crippen LogP contribution >= 0.6 is 11.6 Å². The van der Waals surface area contributed by atoms with Crippen LogP contribution in [0.1, 0.15) is 35.7 Å². The van der Waals surface area contributed by atoms with Crippen LogP contribution in [0.5, 0.6) is 0 Å². The second-order valence-electron chi connectivity index (χ2n) is 5.61. The summed E-state index contributed by atoms with van der Waals surface area (Å²) in [4.78, 5) is 13.2. The summed E-state index contributed by atoms with van der Waals surface area (Å²) < 4.78 is 23.4. The fourth-order valence-electron chi connectivity index (χ4n) is 2.83. The van der Waals surface area contributed by atoms with Crippen molar-refractivity contribution in [2.75, 3.05) is 18.1 Å². The Morgan fingerprint density at radius 2 is 2.18 bits per heavy atom. The molecule has 1 unspecified atom stereocenters. The van der Waals surface area contributed by atoms with E-state index in [4.69, 9.17) is 16.7 Å². The molecule has 1 heterocycles. The largest absolute Gasteiger partial charge is 0.478 e. The number of hydrogen-bond acceptors (Lipinski definition) is 4. The van der Waals surface area contributed by atoms with Crippen molar-refractivity contribution in [1.29, 1.82) is 0 Å². The summed E-state index contributed by atoms with van der Waals surface area (Å²) in [7, 11) is -2.95. The molecule has 1 saturated heterocycles. The number of benzene rings is 1. The highest BCUT2D eigenvalue weighted by Gasteiger charge is 2.32. The van der Waals surface area contributed by atoms with Crippen LogP contribution in [0.4, 0.5) is 0 Å². The van der Waals surface area contributed by atoms with Gasteiger partial charge in [0.15, 0.2) is 9.84 Å². The Bertz CT molecular complexity index is 660. The van der Waals surface area contributed by atoms with Gasteiger partial charge in [-0.05, 0) is 31.0 Å². The van der Waals surface area contributed by atoms with Crippen molar-refractivity contribution in [2.24, 2.45) is 0 Å². The zero-order valence-electron chi connectivity index (χ0n) is 12.5. The van der Waals surface area contributed by atoms with Gasteiger partial charge in [0.1, 0.15) is 0 Å². The van der Waals surface area contributed by atoms with Crippen LogP contribution < -0.4 is 0 Å².